The minimum absolute atomic E-state index is 0.226. The molecule has 120 valence electrons. The van der Waals surface area contributed by atoms with E-state index < -0.39 is 5.82 Å². The summed E-state index contributed by atoms with van der Waals surface area (Å²) in [6.07, 6.45) is 2.26. The van der Waals surface area contributed by atoms with Gasteiger partial charge in [0.25, 0.3) is 0 Å². The van der Waals surface area contributed by atoms with E-state index in [4.69, 9.17) is 6.57 Å². The summed E-state index contributed by atoms with van der Waals surface area (Å²) >= 11 is 4.53. The van der Waals surface area contributed by atoms with E-state index in [-0.39, 0.29) is 5.69 Å². The van der Waals surface area contributed by atoms with Crippen LogP contribution >= 0.6 is 12.2 Å². The SMILES string of the molecule is CCCc1cccc(N=C=S)c1.[C-]#[N+]c1cc(F)cc(N=C=C)c1. The summed E-state index contributed by atoms with van der Waals surface area (Å²) in [4.78, 5) is 10.6. The maximum absolute atomic E-state index is 12.7. The number of aryl methyl sites for hydroxylation is 1. The molecule has 0 saturated carbocycles. The lowest BCUT2D eigenvalue weighted by molar-refractivity contribution is 0.629. The molecule has 0 atom stereocenters. The van der Waals surface area contributed by atoms with Crippen LogP contribution in [0, 0.1) is 12.4 Å². The highest BCUT2D eigenvalue weighted by molar-refractivity contribution is 7.78. The molecule has 0 N–H and O–H groups in total. The fourth-order valence-corrected chi connectivity index (χ4v) is 2.01. The van der Waals surface area contributed by atoms with Crippen molar-refractivity contribution >= 4 is 40.3 Å². The van der Waals surface area contributed by atoms with E-state index >= 15 is 0 Å². The minimum Gasteiger partial charge on any atom is -0.238 e. The molecule has 0 aliphatic carbocycles. The molecule has 0 heterocycles. The molecule has 0 amide bonds. The highest BCUT2D eigenvalue weighted by atomic mass is 32.1. The van der Waals surface area contributed by atoms with Crippen LogP contribution in [0.3, 0.4) is 0 Å². The molecule has 0 spiro atoms. The standard InChI is InChI=1S/C10H11NS.C9H5FN2/c1-2-4-9-5-3-6-10(7-9)11-8-12;1-3-12-9-5-7(10)4-8(6-9)11-2/h3,5-7H,2,4H2,1H3;4-6H,1H2. The third kappa shape index (κ3) is 6.91. The van der Waals surface area contributed by atoms with Gasteiger partial charge in [0.2, 0.25) is 0 Å². The van der Waals surface area contributed by atoms with Crippen molar-refractivity contribution in [1.82, 2.24) is 0 Å². The highest BCUT2D eigenvalue weighted by Gasteiger charge is 1.97. The summed E-state index contributed by atoms with van der Waals surface area (Å²) in [6, 6.07) is 11.9. The lowest BCUT2D eigenvalue weighted by Crippen LogP contribution is -1.80. The number of hydrogen-bond acceptors (Lipinski definition) is 3. The molecular weight excluding hydrogens is 321 g/mol. The summed E-state index contributed by atoms with van der Waals surface area (Å²) in [5.74, 6) is 1.79. The van der Waals surface area contributed by atoms with Crippen LogP contribution in [-0.4, -0.2) is 11.0 Å². The summed E-state index contributed by atoms with van der Waals surface area (Å²) < 4.78 is 12.7. The van der Waals surface area contributed by atoms with Crippen LogP contribution in [0.25, 0.3) is 4.85 Å². The molecule has 0 fully saturated rings. The normalized spacial score (nSPS) is 8.71. The summed E-state index contributed by atoms with van der Waals surface area (Å²) in [5, 5.41) is 2.36. The summed E-state index contributed by atoms with van der Waals surface area (Å²) in [7, 11) is 0. The van der Waals surface area contributed by atoms with Gasteiger partial charge < -0.3 is 0 Å². The first-order valence-corrected chi connectivity index (χ1v) is 7.61. The second kappa shape index (κ2) is 10.8. The van der Waals surface area contributed by atoms with Gasteiger partial charge in [0.05, 0.1) is 23.1 Å². The van der Waals surface area contributed by atoms with Gasteiger partial charge in [-0.1, -0.05) is 25.5 Å². The Morgan fingerprint density at radius 1 is 1.21 bits per heavy atom. The molecule has 2 aromatic rings. The Morgan fingerprint density at radius 3 is 2.62 bits per heavy atom. The van der Waals surface area contributed by atoms with Crippen LogP contribution in [0.1, 0.15) is 18.9 Å². The zero-order valence-corrected chi connectivity index (χ0v) is 14.1. The van der Waals surface area contributed by atoms with Crippen LogP contribution < -0.4 is 0 Å². The molecule has 3 nitrogen and oxygen atoms in total. The van der Waals surface area contributed by atoms with Crippen molar-refractivity contribution in [3.05, 3.63) is 71.8 Å². The number of nitrogens with zero attached hydrogens (tertiary/aromatic N) is 3. The van der Waals surface area contributed by atoms with Gasteiger partial charge in [-0.05, 0) is 67.0 Å². The quantitative estimate of drug-likeness (QED) is 0.369. The summed E-state index contributed by atoms with van der Waals surface area (Å²) in [5.41, 5.74) is 2.79. The summed E-state index contributed by atoms with van der Waals surface area (Å²) in [6.45, 7) is 12.1. The van der Waals surface area contributed by atoms with Gasteiger partial charge in [0.1, 0.15) is 5.82 Å². The molecule has 0 aliphatic heterocycles. The van der Waals surface area contributed by atoms with Crippen molar-refractivity contribution in [3.63, 3.8) is 0 Å². The second-order valence-electron chi connectivity index (χ2n) is 4.67. The maximum Gasteiger partial charge on any atom is 0.192 e. The lowest BCUT2D eigenvalue weighted by Gasteiger charge is -1.97. The smallest absolute Gasteiger partial charge is 0.192 e. The van der Waals surface area contributed by atoms with E-state index in [9.17, 15) is 4.39 Å². The lowest BCUT2D eigenvalue weighted by atomic mass is 10.1. The monoisotopic (exact) mass is 337 g/mol. The van der Waals surface area contributed by atoms with Gasteiger partial charge in [-0.15, -0.1) is 0 Å². The third-order valence-electron chi connectivity index (χ3n) is 2.83. The Bertz CT molecular complexity index is 827. The van der Waals surface area contributed by atoms with E-state index in [1.54, 1.807) is 0 Å². The molecule has 0 unspecified atom stereocenters. The van der Waals surface area contributed by atoms with Crippen molar-refractivity contribution < 1.29 is 4.39 Å². The first-order chi connectivity index (χ1) is 11.6. The molecule has 0 saturated heterocycles. The molecule has 2 rings (SSSR count). The van der Waals surface area contributed by atoms with Gasteiger partial charge in [-0.25, -0.2) is 14.2 Å². The topological polar surface area (TPSA) is 29.1 Å². The number of thiocarbonyl (C=S) groups is 1. The number of halogens is 1. The second-order valence-corrected chi connectivity index (χ2v) is 4.85. The van der Waals surface area contributed by atoms with Gasteiger partial charge in [0.15, 0.2) is 5.69 Å². The van der Waals surface area contributed by atoms with Crippen molar-refractivity contribution in [1.29, 1.82) is 0 Å². The first kappa shape index (κ1) is 19.2. The maximum atomic E-state index is 12.7. The van der Waals surface area contributed by atoms with Gasteiger partial charge in [-0.2, -0.15) is 4.99 Å². The zero-order valence-electron chi connectivity index (χ0n) is 13.3. The van der Waals surface area contributed by atoms with Gasteiger partial charge in [-0.3, -0.25) is 0 Å². The fraction of sp³-hybridized carbons (Fsp3) is 0.158. The molecule has 0 aliphatic rings. The fourth-order valence-electron chi connectivity index (χ4n) is 1.90. The van der Waals surface area contributed by atoms with Crippen LogP contribution in [0.15, 0.2) is 59.0 Å². The molecule has 0 radical (unpaired) electrons. The molecule has 0 bridgehead atoms. The van der Waals surface area contributed by atoms with E-state index in [1.165, 1.54) is 17.7 Å². The number of isothiocyanates is 1. The van der Waals surface area contributed by atoms with E-state index in [2.05, 4.69) is 57.6 Å². The number of aliphatic imine (C=N–C) groups is 2. The Labute approximate surface area is 146 Å². The molecule has 2 aromatic carbocycles. The molecule has 24 heavy (non-hydrogen) atoms. The Balaban J connectivity index is 0.000000240. The number of rotatable bonds is 4. The molecule has 5 heteroatoms. The van der Waals surface area contributed by atoms with Crippen LogP contribution in [0.4, 0.5) is 21.5 Å². The highest BCUT2D eigenvalue weighted by Crippen LogP contribution is 2.22. The average molecular weight is 337 g/mol. The number of hydrogen-bond donors (Lipinski definition) is 0. The Morgan fingerprint density at radius 2 is 2.00 bits per heavy atom. The third-order valence-corrected chi connectivity index (χ3v) is 2.92. The Kier molecular flexibility index (Phi) is 8.60. The van der Waals surface area contributed by atoms with Crippen LogP contribution in [0.5, 0.6) is 0 Å². The minimum atomic E-state index is -0.475. The molecular formula is C19H16FN3S. The van der Waals surface area contributed by atoms with E-state index in [0.29, 0.717) is 5.69 Å². The van der Waals surface area contributed by atoms with Gasteiger partial charge in [0, 0.05) is 0 Å². The van der Waals surface area contributed by atoms with E-state index in [0.717, 1.165) is 24.6 Å². The average Bonchev–Trinajstić information content (AvgIpc) is 2.56. The van der Waals surface area contributed by atoms with Crippen molar-refractivity contribution in [2.24, 2.45) is 9.98 Å². The van der Waals surface area contributed by atoms with Gasteiger partial charge >= 0.3 is 0 Å². The van der Waals surface area contributed by atoms with Crippen LogP contribution in [0.2, 0.25) is 0 Å². The largest absolute Gasteiger partial charge is 0.238 e. The van der Waals surface area contributed by atoms with Crippen molar-refractivity contribution in [2.45, 2.75) is 19.8 Å². The predicted octanol–water partition coefficient (Wildman–Crippen LogP) is 6.24. The molecule has 0 aromatic heterocycles. The van der Waals surface area contributed by atoms with Crippen LogP contribution in [-0.2, 0) is 6.42 Å². The predicted molar refractivity (Wildman–Crippen MR) is 101 cm³/mol. The van der Waals surface area contributed by atoms with E-state index in [1.807, 2.05) is 18.2 Å². The number of benzene rings is 2. The zero-order chi connectivity index (χ0) is 17.8. The van der Waals surface area contributed by atoms with Crippen molar-refractivity contribution in [3.8, 4) is 0 Å². The van der Waals surface area contributed by atoms with Crippen molar-refractivity contribution in [2.75, 3.05) is 0 Å². The Hall–Kier alpha value is -2.89. The first-order valence-electron chi connectivity index (χ1n) is 7.20.